The Labute approximate surface area is 198 Å². The van der Waals surface area contributed by atoms with E-state index in [1.807, 2.05) is 29.2 Å². The smallest absolute Gasteiger partial charge is 0.414 e. The Morgan fingerprint density at radius 3 is 2.66 bits per heavy atom. The molecule has 0 bridgehead atoms. The summed E-state index contributed by atoms with van der Waals surface area (Å²) in [6.45, 7) is 1.67. The van der Waals surface area contributed by atoms with Gasteiger partial charge in [0.2, 0.25) is 11.6 Å². The third-order valence-electron chi connectivity index (χ3n) is 3.93. The lowest BCUT2D eigenvalue weighted by Gasteiger charge is -2.12. The number of nitriles is 1. The molecule has 2 amide bonds. The van der Waals surface area contributed by atoms with Gasteiger partial charge in [0.05, 0.1) is 26.6 Å². The fraction of sp³-hybridized carbons (Fsp3) is 0.158. The molecule has 0 aliphatic carbocycles. The molecule has 0 aliphatic heterocycles. The molecule has 2 heterocycles. The van der Waals surface area contributed by atoms with Crippen LogP contribution in [0.5, 0.6) is 11.6 Å². The number of fused-ring (bicyclic) bond motifs is 1. The van der Waals surface area contributed by atoms with Crippen molar-refractivity contribution in [3.63, 3.8) is 0 Å². The van der Waals surface area contributed by atoms with Crippen molar-refractivity contribution in [2.24, 2.45) is 12.1 Å². The standard InChI is InChI=1S/C19H15Br2N7O4/c1-3-31-19(30)25-17(29)14(8-22)27-26-10-6-12(20)15(13(21)7-10)32-18-11-4-5-28(2)16(11)23-9-24-18/h4-7,9,26H,3H2,1-2H3,(H,25,29,30). The van der Waals surface area contributed by atoms with Crippen molar-refractivity contribution in [2.45, 2.75) is 6.92 Å². The number of anilines is 1. The number of amides is 2. The van der Waals surface area contributed by atoms with Crippen LogP contribution in [0.25, 0.3) is 11.0 Å². The van der Waals surface area contributed by atoms with E-state index in [1.165, 1.54) is 6.33 Å². The molecule has 2 aromatic heterocycles. The molecule has 1 aromatic carbocycles. The Bertz CT molecular complexity index is 1240. The maximum Gasteiger partial charge on any atom is 0.414 e. The molecule has 13 heteroatoms. The molecule has 0 saturated carbocycles. The number of ether oxygens (including phenoxy) is 2. The van der Waals surface area contributed by atoms with Crippen LogP contribution in [0.15, 0.2) is 44.8 Å². The molecule has 11 nitrogen and oxygen atoms in total. The summed E-state index contributed by atoms with van der Waals surface area (Å²) >= 11 is 6.86. The molecular weight excluding hydrogens is 550 g/mol. The number of hydrazone groups is 1. The van der Waals surface area contributed by atoms with Crippen LogP contribution in [0.1, 0.15) is 6.92 Å². The van der Waals surface area contributed by atoms with Crippen LogP contribution < -0.4 is 15.5 Å². The van der Waals surface area contributed by atoms with E-state index in [0.29, 0.717) is 26.3 Å². The first kappa shape index (κ1) is 23.2. The summed E-state index contributed by atoms with van der Waals surface area (Å²) in [6, 6.07) is 6.72. The average Bonchev–Trinajstić information content (AvgIpc) is 3.13. The highest BCUT2D eigenvalue weighted by molar-refractivity contribution is 9.11. The Hall–Kier alpha value is -3.50. The molecule has 164 valence electrons. The van der Waals surface area contributed by atoms with E-state index in [1.54, 1.807) is 25.1 Å². The maximum atomic E-state index is 11.9. The minimum atomic E-state index is -0.993. The lowest BCUT2D eigenvalue weighted by Crippen LogP contribution is -2.36. The largest absolute Gasteiger partial charge is 0.450 e. The Morgan fingerprint density at radius 2 is 2.00 bits per heavy atom. The van der Waals surface area contributed by atoms with Crippen molar-refractivity contribution in [1.29, 1.82) is 5.26 Å². The normalized spacial score (nSPS) is 11.0. The molecular formula is C19H15Br2N7O4. The number of halogens is 2. The quantitative estimate of drug-likeness (QED) is 0.339. The van der Waals surface area contributed by atoms with E-state index >= 15 is 0 Å². The molecule has 32 heavy (non-hydrogen) atoms. The number of nitrogens with one attached hydrogen (secondary N) is 2. The lowest BCUT2D eigenvalue weighted by atomic mass is 10.3. The average molecular weight is 565 g/mol. The number of hydrogen-bond donors (Lipinski definition) is 2. The van der Waals surface area contributed by atoms with E-state index < -0.39 is 17.7 Å². The van der Waals surface area contributed by atoms with Gasteiger partial charge in [0.25, 0.3) is 5.91 Å². The van der Waals surface area contributed by atoms with E-state index in [4.69, 9.17) is 10.00 Å². The van der Waals surface area contributed by atoms with Gasteiger partial charge in [-0.1, -0.05) is 0 Å². The van der Waals surface area contributed by atoms with Gasteiger partial charge in [-0.05, 0) is 57.0 Å². The van der Waals surface area contributed by atoms with E-state index in [2.05, 4.69) is 57.1 Å². The number of imide groups is 1. The summed E-state index contributed by atoms with van der Waals surface area (Å²) in [5, 5.41) is 15.5. The zero-order chi connectivity index (χ0) is 23.3. The number of alkyl carbamates (subject to hydrolysis) is 1. The summed E-state index contributed by atoms with van der Waals surface area (Å²) in [4.78, 5) is 31.7. The minimum Gasteiger partial charge on any atom is -0.450 e. The molecule has 0 aliphatic rings. The molecule has 0 atom stereocenters. The fourth-order valence-electron chi connectivity index (χ4n) is 2.52. The van der Waals surface area contributed by atoms with Gasteiger partial charge < -0.3 is 14.0 Å². The summed E-state index contributed by atoms with van der Waals surface area (Å²) in [6.07, 6.45) is 2.30. The van der Waals surface area contributed by atoms with Gasteiger partial charge >= 0.3 is 6.09 Å². The highest BCUT2D eigenvalue weighted by atomic mass is 79.9. The molecule has 0 radical (unpaired) electrons. The van der Waals surface area contributed by atoms with Crippen LogP contribution in [0, 0.1) is 11.3 Å². The maximum absolute atomic E-state index is 11.9. The molecule has 0 saturated heterocycles. The van der Waals surface area contributed by atoms with Gasteiger partial charge in [-0.25, -0.2) is 14.8 Å². The number of carbonyl (C=O) groups excluding carboxylic acids is 2. The molecule has 3 rings (SSSR count). The predicted octanol–water partition coefficient (Wildman–Crippen LogP) is 3.85. The molecule has 0 fully saturated rings. The summed E-state index contributed by atoms with van der Waals surface area (Å²) in [5.74, 6) is -0.172. The van der Waals surface area contributed by atoms with Crippen LogP contribution in [0.3, 0.4) is 0 Å². The van der Waals surface area contributed by atoms with Crippen molar-refractivity contribution >= 4 is 66.3 Å². The van der Waals surface area contributed by atoms with Crippen LogP contribution in [0.4, 0.5) is 10.5 Å². The van der Waals surface area contributed by atoms with Crippen LogP contribution in [0.2, 0.25) is 0 Å². The number of hydrogen-bond acceptors (Lipinski definition) is 9. The SMILES string of the molecule is CCOC(=O)NC(=O)C(C#N)=NNc1cc(Br)c(Oc2ncnc3c2ccn3C)c(Br)c1. The first-order valence-electron chi connectivity index (χ1n) is 8.98. The lowest BCUT2D eigenvalue weighted by molar-refractivity contribution is -0.114. The van der Waals surface area contributed by atoms with Crippen LogP contribution in [-0.4, -0.2) is 38.9 Å². The first-order chi connectivity index (χ1) is 15.3. The molecule has 2 N–H and O–H groups in total. The number of benzene rings is 1. The molecule has 3 aromatic rings. The van der Waals surface area contributed by atoms with Crippen molar-refractivity contribution in [3.05, 3.63) is 39.7 Å². The topological polar surface area (TPSA) is 144 Å². The van der Waals surface area contributed by atoms with Gasteiger partial charge in [0.15, 0.2) is 5.75 Å². The second-order valence-corrected chi connectivity index (χ2v) is 7.78. The number of rotatable bonds is 6. The Morgan fingerprint density at radius 1 is 1.28 bits per heavy atom. The number of carbonyl (C=O) groups is 2. The first-order valence-corrected chi connectivity index (χ1v) is 10.6. The highest BCUT2D eigenvalue weighted by Gasteiger charge is 2.17. The second kappa shape index (κ2) is 10.2. The zero-order valence-electron chi connectivity index (χ0n) is 16.7. The third kappa shape index (κ3) is 5.21. The van der Waals surface area contributed by atoms with Crippen molar-refractivity contribution in [1.82, 2.24) is 19.9 Å². The number of nitrogens with zero attached hydrogens (tertiary/aromatic N) is 5. The van der Waals surface area contributed by atoms with Crippen LogP contribution in [-0.2, 0) is 16.6 Å². The number of aryl methyl sites for hydroxylation is 1. The van der Waals surface area contributed by atoms with Gasteiger partial charge in [-0.15, -0.1) is 0 Å². The summed E-state index contributed by atoms with van der Waals surface area (Å²) < 4.78 is 13.5. The van der Waals surface area contributed by atoms with Gasteiger partial charge in [0.1, 0.15) is 18.0 Å². The van der Waals surface area contributed by atoms with Crippen molar-refractivity contribution < 1.29 is 19.1 Å². The monoisotopic (exact) mass is 563 g/mol. The Kier molecular flexibility index (Phi) is 7.39. The predicted molar refractivity (Wildman–Crippen MR) is 122 cm³/mol. The van der Waals surface area contributed by atoms with Crippen molar-refractivity contribution in [3.8, 4) is 17.7 Å². The molecule has 0 unspecified atom stereocenters. The second-order valence-electron chi connectivity index (χ2n) is 6.07. The fourth-order valence-corrected chi connectivity index (χ4v) is 3.87. The zero-order valence-corrected chi connectivity index (χ0v) is 19.9. The van der Waals surface area contributed by atoms with Gasteiger partial charge in [-0.2, -0.15) is 10.4 Å². The van der Waals surface area contributed by atoms with E-state index in [9.17, 15) is 9.59 Å². The third-order valence-corrected chi connectivity index (χ3v) is 5.11. The highest BCUT2D eigenvalue weighted by Crippen LogP contribution is 2.40. The molecule has 0 spiro atoms. The summed E-state index contributed by atoms with van der Waals surface area (Å²) in [7, 11) is 1.87. The van der Waals surface area contributed by atoms with E-state index in [-0.39, 0.29) is 6.61 Å². The van der Waals surface area contributed by atoms with Gasteiger partial charge in [0, 0.05) is 13.2 Å². The minimum absolute atomic E-state index is 0.0810. The Balaban J connectivity index is 1.79. The van der Waals surface area contributed by atoms with Crippen molar-refractivity contribution in [2.75, 3.05) is 12.0 Å². The van der Waals surface area contributed by atoms with Crippen LogP contribution >= 0.6 is 31.9 Å². The van der Waals surface area contributed by atoms with E-state index in [0.717, 1.165) is 11.0 Å². The summed E-state index contributed by atoms with van der Waals surface area (Å²) in [5.41, 5.74) is 3.19. The number of aromatic nitrogens is 3. The van der Waals surface area contributed by atoms with Gasteiger partial charge in [-0.3, -0.25) is 15.5 Å².